The second-order valence-corrected chi connectivity index (χ2v) is 11.3. The van der Waals surface area contributed by atoms with Crippen molar-refractivity contribution >= 4 is 27.4 Å². The van der Waals surface area contributed by atoms with Crippen molar-refractivity contribution in [1.82, 2.24) is 15.6 Å². The summed E-state index contributed by atoms with van der Waals surface area (Å²) >= 11 is 0. The lowest BCUT2D eigenvalue weighted by atomic mass is 10.0. The van der Waals surface area contributed by atoms with E-state index in [0.29, 0.717) is 17.3 Å². The van der Waals surface area contributed by atoms with Crippen LogP contribution in [0.15, 0.2) is 41.4 Å². The third-order valence-electron chi connectivity index (χ3n) is 6.35. The number of carbonyl (C=O) groups excluding carboxylic acids is 1. The Kier molecular flexibility index (Phi) is 7.73. The van der Waals surface area contributed by atoms with Crippen LogP contribution >= 0.6 is 0 Å². The van der Waals surface area contributed by atoms with Gasteiger partial charge in [0.25, 0.3) is 15.9 Å². The number of benzene rings is 1. The monoisotopic (exact) mass is 485 g/mol. The summed E-state index contributed by atoms with van der Waals surface area (Å²) in [5.41, 5.74) is 1.78. The van der Waals surface area contributed by atoms with Crippen LogP contribution in [0.4, 0.5) is 11.5 Å². The highest BCUT2D eigenvalue weighted by Gasteiger charge is 2.25. The van der Waals surface area contributed by atoms with Gasteiger partial charge in [0.15, 0.2) is 0 Å². The molecule has 1 amide bonds. The molecule has 0 spiro atoms. The minimum absolute atomic E-state index is 0.160. The van der Waals surface area contributed by atoms with Gasteiger partial charge in [-0.1, -0.05) is 38.8 Å². The second-order valence-electron chi connectivity index (χ2n) is 9.63. The maximum Gasteiger partial charge on any atom is 0.261 e. The van der Waals surface area contributed by atoms with Crippen molar-refractivity contribution in [1.29, 1.82) is 0 Å². The lowest BCUT2D eigenvalue weighted by Gasteiger charge is -2.30. The zero-order chi connectivity index (χ0) is 24.1. The molecule has 0 bridgehead atoms. The van der Waals surface area contributed by atoms with Crippen LogP contribution in [0.2, 0.25) is 0 Å². The van der Waals surface area contributed by atoms with Crippen LogP contribution in [-0.2, 0) is 16.4 Å². The van der Waals surface area contributed by atoms with Crippen LogP contribution in [0.1, 0.15) is 55.5 Å². The van der Waals surface area contributed by atoms with E-state index in [1.807, 2.05) is 12.1 Å². The zero-order valence-electron chi connectivity index (χ0n) is 20.0. The van der Waals surface area contributed by atoms with Gasteiger partial charge in [-0.2, -0.15) is 0 Å². The van der Waals surface area contributed by atoms with Gasteiger partial charge in [-0.05, 0) is 48.9 Å². The van der Waals surface area contributed by atoms with E-state index in [9.17, 15) is 13.2 Å². The Balaban J connectivity index is 1.57. The lowest BCUT2D eigenvalue weighted by molar-refractivity contribution is 0.0938. The van der Waals surface area contributed by atoms with Crippen molar-refractivity contribution in [3.63, 3.8) is 0 Å². The molecule has 3 N–H and O–H groups in total. The fraction of sp³-hybridized carbons (Fsp3) is 0.520. The molecule has 0 radical (unpaired) electrons. The van der Waals surface area contributed by atoms with Crippen molar-refractivity contribution in [3.8, 4) is 0 Å². The van der Waals surface area contributed by atoms with Crippen molar-refractivity contribution in [2.75, 3.05) is 35.8 Å². The van der Waals surface area contributed by atoms with Gasteiger partial charge in [0.2, 0.25) is 0 Å². The molecule has 9 heteroatoms. The molecule has 34 heavy (non-hydrogen) atoms. The van der Waals surface area contributed by atoms with E-state index in [-0.39, 0.29) is 22.5 Å². The van der Waals surface area contributed by atoms with Gasteiger partial charge < -0.3 is 15.5 Å². The number of amides is 1. The van der Waals surface area contributed by atoms with Crippen molar-refractivity contribution in [3.05, 3.63) is 47.7 Å². The second kappa shape index (κ2) is 10.7. The van der Waals surface area contributed by atoms with Gasteiger partial charge in [0.05, 0.1) is 22.3 Å². The number of rotatable bonds is 8. The van der Waals surface area contributed by atoms with Gasteiger partial charge >= 0.3 is 0 Å². The third-order valence-corrected chi connectivity index (χ3v) is 7.75. The quantitative estimate of drug-likeness (QED) is 0.531. The lowest BCUT2D eigenvalue weighted by Crippen LogP contribution is -2.45. The van der Waals surface area contributed by atoms with Gasteiger partial charge in [0.1, 0.15) is 5.82 Å². The Morgan fingerprint density at radius 1 is 1.15 bits per heavy atom. The predicted molar refractivity (Wildman–Crippen MR) is 135 cm³/mol. The standard InChI is InChI=1S/C25H35N5O3S/c1-18(2)15-19-7-9-22(10-8-19)34(32,33)29-21-16-23(25(31)28-20-5-3-4-6-20)24(27-17-21)30-13-11-26-12-14-30/h7-10,16-18,20,26,29H,3-6,11-15H2,1-2H3,(H,28,31). The van der Waals surface area contributed by atoms with Crippen LogP contribution in [0, 0.1) is 5.92 Å². The number of aromatic nitrogens is 1. The van der Waals surface area contributed by atoms with Crippen LogP contribution < -0.4 is 20.3 Å². The summed E-state index contributed by atoms with van der Waals surface area (Å²) in [6, 6.07) is 8.71. The maximum absolute atomic E-state index is 13.2. The van der Waals surface area contributed by atoms with Crippen molar-refractivity contribution in [2.45, 2.75) is 56.9 Å². The Bertz CT molecular complexity index is 1090. The summed E-state index contributed by atoms with van der Waals surface area (Å²) in [6.07, 6.45) is 6.56. The number of anilines is 2. The molecular weight excluding hydrogens is 450 g/mol. The van der Waals surface area contributed by atoms with E-state index in [1.54, 1.807) is 18.2 Å². The van der Waals surface area contributed by atoms with E-state index in [4.69, 9.17) is 0 Å². The molecular formula is C25H35N5O3S. The number of sulfonamides is 1. The summed E-state index contributed by atoms with van der Waals surface area (Å²) in [6.45, 7) is 7.36. The Labute approximate surface area is 202 Å². The first-order valence-corrected chi connectivity index (χ1v) is 13.7. The average Bonchev–Trinajstić information content (AvgIpc) is 3.32. The van der Waals surface area contributed by atoms with Crippen LogP contribution in [-0.4, -0.2) is 51.5 Å². The Morgan fingerprint density at radius 3 is 2.47 bits per heavy atom. The first-order valence-electron chi connectivity index (χ1n) is 12.2. The normalized spacial score (nSPS) is 17.2. The molecule has 1 aromatic heterocycles. The van der Waals surface area contributed by atoms with Gasteiger partial charge in [-0.3, -0.25) is 9.52 Å². The number of hydrogen-bond donors (Lipinski definition) is 3. The summed E-state index contributed by atoms with van der Waals surface area (Å²) in [5.74, 6) is 0.889. The fourth-order valence-corrected chi connectivity index (χ4v) is 5.67. The molecule has 2 aliphatic rings. The number of piperazine rings is 1. The number of hydrogen-bond acceptors (Lipinski definition) is 6. The molecule has 1 aromatic carbocycles. The van der Waals surface area contributed by atoms with Gasteiger partial charge in [0, 0.05) is 32.2 Å². The molecule has 2 fully saturated rings. The largest absolute Gasteiger partial charge is 0.353 e. The van der Waals surface area contributed by atoms with E-state index < -0.39 is 10.0 Å². The molecule has 4 rings (SSSR count). The molecule has 0 unspecified atom stereocenters. The summed E-state index contributed by atoms with van der Waals surface area (Å²) < 4.78 is 28.7. The first kappa shape index (κ1) is 24.5. The summed E-state index contributed by atoms with van der Waals surface area (Å²) in [5, 5.41) is 6.42. The van der Waals surface area contributed by atoms with Crippen LogP contribution in [0.25, 0.3) is 0 Å². The Morgan fingerprint density at radius 2 is 1.82 bits per heavy atom. The molecule has 1 aliphatic carbocycles. The molecule has 1 aliphatic heterocycles. The molecule has 1 saturated heterocycles. The molecule has 1 saturated carbocycles. The van der Waals surface area contributed by atoms with E-state index in [2.05, 4.69) is 39.1 Å². The van der Waals surface area contributed by atoms with E-state index in [1.165, 1.54) is 6.20 Å². The number of nitrogens with one attached hydrogen (secondary N) is 3. The van der Waals surface area contributed by atoms with Crippen LogP contribution in [0.5, 0.6) is 0 Å². The fourth-order valence-electron chi connectivity index (χ4n) is 4.63. The van der Waals surface area contributed by atoms with Crippen molar-refractivity contribution in [2.24, 2.45) is 5.92 Å². The molecule has 8 nitrogen and oxygen atoms in total. The topological polar surface area (TPSA) is 103 Å². The maximum atomic E-state index is 13.2. The zero-order valence-corrected chi connectivity index (χ0v) is 20.8. The predicted octanol–water partition coefficient (Wildman–Crippen LogP) is 3.16. The highest BCUT2D eigenvalue weighted by Crippen LogP contribution is 2.25. The molecule has 2 aromatic rings. The molecule has 0 atom stereocenters. The smallest absolute Gasteiger partial charge is 0.261 e. The van der Waals surface area contributed by atoms with E-state index >= 15 is 0 Å². The van der Waals surface area contributed by atoms with Crippen LogP contribution in [0.3, 0.4) is 0 Å². The van der Waals surface area contributed by atoms with Gasteiger partial charge in [-0.25, -0.2) is 13.4 Å². The minimum atomic E-state index is -3.81. The SMILES string of the molecule is CC(C)Cc1ccc(S(=O)(=O)Nc2cnc(N3CCNCC3)c(C(=O)NC3CCCC3)c2)cc1. The third kappa shape index (κ3) is 6.07. The molecule has 184 valence electrons. The number of pyridine rings is 1. The van der Waals surface area contributed by atoms with Crippen molar-refractivity contribution < 1.29 is 13.2 Å². The molecule has 2 heterocycles. The van der Waals surface area contributed by atoms with E-state index in [0.717, 1.165) is 63.8 Å². The Hall–Kier alpha value is -2.65. The minimum Gasteiger partial charge on any atom is -0.353 e. The first-order chi connectivity index (χ1) is 16.3. The van der Waals surface area contributed by atoms with Gasteiger partial charge in [-0.15, -0.1) is 0 Å². The summed E-state index contributed by atoms with van der Waals surface area (Å²) in [7, 11) is -3.81. The average molecular weight is 486 g/mol. The summed E-state index contributed by atoms with van der Waals surface area (Å²) in [4.78, 5) is 20.0. The highest BCUT2D eigenvalue weighted by molar-refractivity contribution is 7.92. The number of nitrogens with zero attached hydrogens (tertiary/aromatic N) is 2. The highest BCUT2D eigenvalue weighted by atomic mass is 32.2. The number of carbonyl (C=O) groups is 1.